The van der Waals surface area contributed by atoms with Crippen LogP contribution in [0, 0.1) is 6.92 Å². The fraction of sp³-hybridized carbons (Fsp3) is 0.300. The van der Waals surface area contributed by atoms with Crippen LogP contribution >= 0.6 is 0 Å². The van der Waals surface area contributed by atoms with Crippen molar-refractivity contribution in [2.24, 2.45) is 0 Å². The van der Waals surface area contributed by atoms with E-state index in [0.717, 1.165) is 12.0 Å². The summed E-state index contributed by atoms with van der Waals surface area (Å²) in [6.07, 6.45) is 0.880. The van der Waals surface area contributed by atoms with E-state index >= 15 is 0 Å². The Hall–Kier alpha value is -1.31. The summed E-state index contributed by atoms with van der Waals surface area (Å²) in [6.45, 7) is 4.51. The number of carbonyl (C=O) groups excluding carboxylic acids is 1. The molecule has 0 aliphatic rings. The van der Waals surface area contributed by atoms with E-state index < -0.39 is 0 Å². The normalized spacial score (nSPS) is 9.50. The van der Waals surface area contributed by atoms with Gasteiger partial charge in [-0.1, -0.05) is 24.6 Å². The molecule has 0 aliphatic carbocycles. The second-order valence-electron chi connectivity index (χ2n) is 2.68. The Labute approximate surface area is 72.2 Å². The summed E-state index contributed by atoms with van der Waals surface area (Å²) in [5.74, 6) is 0.665. The molecule has 0 aromatic heterocycles. The Morgan fingerprint density at radius 1 is 1.50 bits per heavy atom. The summed E-state index contributed by atoms with van der Waals surface area (Å²) in [4.78, 5) is 10.1. The third-order valence-corrected chi connectivity index (χ3v) is 1.77. The van der Waals surface area contributed by atoms with E-state index in [-0.39, 0.29) is 0 Å². The summed E-state index contributed by atoms with van der Waals surface area (Å²) >= 11 is 0. The maximum Gasteiger partial charge on any atom is 0.298 e. The molecular formula is C10H12O2. The molecule has 0 heterocycles. The lowest BCUT2D eigenvalue weighted by atomic mass is 10.1. The molecule has 0 spiro atoms. The minimum Gasteiger partial charge on any atom is -0.428 e. The van der Waals surface area contributed by atoms with Gasteiger partial charge in [0, 0.05) is 0 Å². The molecular weight excluding hydrogens is 152 g/mol. The number of hydrogen-bond donors (Lipinski definition) is 0. The molecule has 0 unspecified atom stereocenters. The first kappa shape index (κ1) is 8.78. The van der Waals surface area contributed by atoms with Gasteiger partial charge in [0.05, 0.1) is 0 Å². The number of aryl methyl sites for hydroxylation is 2. The van der Waals surface area contributed by atoms with Crippen molar-refractivity contribution in [3.63, 3.8) is 0 Å². The maximum atomic E-state index is 10.1. The van der Waals surface area contributed by atoms with Gasteiger partial charge in [-0.25, -0.2) is 0 Å². The van der Waals surface area contributed by atoms with Crippen molar-refractivity contribution in [1.82, 2.24) is 0 Å². The average molecular weight is 164 g/mol. The van der Waals surface area contributed by atoms with Gasteiger partial charge in [0.1, 0.15) is 5.75 Å². The van der Waals surface area contributed by atoms with Crippen molar-refractivity contribution in [2.75, 3.05) is 0 Å². The molecule has 12 heavy (non-hydrogen) atoms. The predicted molar refractivity (Wildman–Crippen MR) is 47.2 cm³/mol. The summed E-state index contributed by atoms with van der Waals surface area (Å²) < 4.78 is 4.80. The first-order valence-corrected chi connectivity index (χ1v) is 3.97. The second kappa shape index (κ2) is 3.90. The summed E-state index contributed by atoms with van der Waals surface area (Å²) in [7, 11) is 0. The largest absolute Gasteiger partial charge is 0.428 e. The van der Waals surface area contributed by atoms with E-state index in [1.807, 2.05) is 32.0 Å². The standard InChI is InChI=1S/C10H12O2/c1-3-9-6-8(2)4-5-10(9)12-7-11/h4-7H,3H2,1-2H3. The van der Waals surface area contributed by atoms with Crippen LogP contribution in [0.25, 0.3) is 0 Å². The average Bonchev–Trinajstić information content (AvgIpc) is 2.08. The van der Waals surface area contributed by atoms with Gasteiger partial charge in [0.2, 0.25) is 0 Å². The van der Waals surface area contributed by atoms with E-state index in [1.165, 1.54) is 5.56 Å². The molecule has 1 aromatic carbocycles. The highest BCUT2D eigenvalue weighted by atomic mass is 16.5. The highest BCUT2D eigenvalue weighted by molar-refractivity contribution is 5.48. The van der Waals surface area contributed by atoms with Gasteiger partial charge >= 0.3 is 0 Å². The van der Waals surface area contributed by atoms with Crippen LogP contribution in [-0.4, -0.2) is 6.47 Å². The van der Waals surface area contributed by atoms with Gasteiger partial charge in [-0.2, -0.15) is 0 Å². The van der Waals surface area contributed by atoms with Crippen molar-refractivity contribution in [2.45, 2.75) is 20.3 Å². The fourth-order valence-electron chi connectivity index (χ4n) is 1.15. The van der Waals surface area contributed by atoms with Gasteiger partial charge in [-0.15, -0.1) is 0 Å². The number of carbonyl (C=O) groups is 1. The van der Waals surface area contributed by atoms with Gasteiger partial charge in [0.25, 0.3) is 6.47 Å². The molecule has 0 N–H and O–H groups in total. The van der Waals surface area contributed by atoms with Crippen LogP contribution in [0.1, 0.15) is 18.1 Å². The van der Waals surface area contributed by atoms with Gasteiger partial charge in [0.15, 0.2) is 0 Å². The van der Waals surface area contributed by atoms with Crippen LogP contribution in [0.15, 0.2) is 18.2 Å². The van der Waals surface area contributed by atoms with Crippen LogP contribution < -0.4 is 4.74 Å². The second-order valence-corrected chi connectivity index (χ2v) is 2.68. The zero-order chi connectivity index (χ0) is 8.97. The number of ether oxygens (including phenoxy) is 1. The lowest BCUT2D eigenvalue weighted by Crippen LogP contribution is -1.93. The van der Waals surface area contributed by atoms with Crippen LogP contribution in [0.5, 0.6) is 5.75 Å². The maximum absolute atomic E-state index is 10.1. The zero-order valence-electron chi connectivity index (χ0n) is 7.33. The molecule has 0 amide bonds. The van der Waals surface area contributed by atoms with E-state index in [0.29, 0.717) is 12.2 Å². The van der Waals surface area contributed by atoms with E-state index in [2.05, 4.69) is 0 Å². The molecule has 0 fully saturated rings. The van der Waals surface area contributed by atoms with Crippen LogP contribution in [0.2, 0.25) is 0 Å². The zero-order valence-corrected chi connectivity index (χ0v) is 7.33. The Bertz CT molecular complexity index is 279. The molecule has 2 heteroatoms. The smallest absolute Gasteiger partial charge is 0.298 e. The Balaban J connectivity index is 3.01. The fourth-order valence-corrected chi connectivity index (χ4v) is 1.15. The van der Waals surface area contributed by atoms with Crippen molar-refractivity contribution in [3.8, 4) is 5.75 Å². The quantitative estimate of drug-likeness (QED) is 0.639. The number of hydrogen-bond acceptors (Lipinski definition) is 2. The summed E-state index contributed by atoms with van der Waals surface area (Å²) in [5.41, 5.74) is 2.26. The van der Waals surface area contributed by atoms with Crippen LogP contribution in [0.3, 0.4) is 0 Å². The number of benzene rings is 1. The molecule has 0 atom stereocenters. The minimum atomic E-state index is 0.462. The Morgan fingerprint density at radius 3 is 2.83 bits per heavy atom. The van der Waals surface area contributed by atoms with Crippen LogP contribution in [-0.2, 0) is 11.2 Å². The molecule has 2 nitrogen and oxygen atoms in total. The first-order valence-electron chi connectivity index (χ1n) is 3.97. The third kappa shape index (κ3) is 1.84. The van der Waals surface area contributed by atoms with E-state index in [1.54, 1.807) is 0 Å². The Morgan fingerprint density at radius 2 is 2.25 bits per heavy atom. The number of rotatable bonds is 3. The lowest BCUT2D eigenvalue weighted by Gasteiger charge is -2.05. The molecule has 1 rings (SSSR count). The van der Waals surface area contributed by atoms with Gasteiger partial charge in [-0.3, -0.25) is 4.79 Å². The monoisotopic (exact) mass is 164 g/mol. The lowest BCUT2D eigenvalue weighted by molar-refractivity contribution is -0.120. The predicted octanol–water partition coefficient (Wildman–Crippen LogP) is 2.09. The highest BCUT2D eigenvalue weighted by Gasteiger charge is 2.00. The van der Waals surface area contributed by atoms with Crippen LogP contribution in [0.4, 0.5) is 0 Å². The van der Waals surface area contributed by atoms with Crippen molar-refractivity contribution in [1.29, 1.82) is 0 Å². The molecule has 0 aliphatic heterocycles. The molecule has 0 radical (unpaired) electrons. The SMILES string of the molecule is CCc1cc(C)ccc1OC=O. The Kier molecular flexibility index (Phi) is 2.86. The van der Waals surface area contributed by atoms with E-state index in [9.17, 15) is 4.79 Å². The topological polar surface area (TPSA) is 26.3 Å². The molecule has 0 saturated carbocycles. The summed E-state index contributed by atoms with van der Waals surface area (Å²) in [6, 6.07) is 5.78. The van der Waals surface area contributed by atoms with Crippen molar-refractivity contribution >= 4 is 6.47 Å². The minimum absolute atomic E-state index is 0.462. The molecule has 1 aromatic rings. The van der Waals surface area contributed by atoms with Crippen molar-refractivity contribution in [3.05, 3.63) is 29.3 Å². The van der Waals surface area contributed by atoms with E-state index in [4.69, 9.17) is 4.74 Å². The van der Waals surface area contributed by atoms with Crippen molar-refractivity contribution < 1.29 is 9.53 Å². The molecule has 64 valence electrons. The van der Waals surface area contributed by atoms with Gasteiger partial charge in [-0.05, 0) is 25.0 Å². The highest BCUT2D eigenvalue weighted by Crippen LogP contribution is 2.19. The first-order chi connectivity index (χ1) is 5.77. The van der Waals surface area contributed by atoms with Gasteiger partial charge < -0.3 is 4.74 Å². The molecule has 0 saturated heterocycles. The molecule has 0 bridgehead atoms. The third-order valence-electron chi connectivity index (χ3n) is 1.77. The summed E-state index contributed by atoms with van der Waals surface area (Å²) in [5, 5.41) is 0.